The second-order valence-corrected chi connectivity index (χ2v) is 4.19. The van der Waals surface area contributed by atoms with Crippen molar-refractivity contribution in [3.05, 3.63) is 0 Å². The van der Waals surface area contributed by atoms with Gasteiger partial charge >= 0.3 is 11.9 Å². The van der Waals surface area contributed by atoms with Crippen LogP contribution < -0.4 is 0 Å². The first-order chi connectivity index (χ1) is 8.10. The van der Waals surface area contributed by atoms with Crippen molar-refractivity contribution in [3.63, 3.8) is 0 Å². The Balaban J connectivity index is 3.66. The Morgan fingerprint density at radius 3 is 2.35 bits per heavy atom. The molecule has 4 heteroatoms. The predicted octanol–water partition coefficient (Wildman–Crippen LogP) is 2.84. The van der Waals surface area contributed by atoms with Gasteiger partial charge in [0.15, 0.2) is 0 Å². The highest BCUT2D eigenvalue weighted by Gasteiger charge is 2.14. The zero-order valence-electron chi connectivity index (χ0n) is 11.2. The molecule has 1 unspecified atom stereocenters. The zero-order valence-corrected chi connectivity index (χ0v) is 11.2. The molecule has 17 heavy (non-hydrogen) atoms. The summed E-state index contributed by atoms with van der Waals surface area (Å²) in [5.74, 6) is -0.993. The monoisotopic (exact) mass is 244 g/mol. The van der Waals surface area contributed by atoms with E-state index in [0.29, 0.717) is 6.61 Å². The third kappa shape index (κ3) is 9.85. The molecule has 1 atom stereocenters. The topological polar surface area (TPSA) is 52.6 Å². The van der Waals surface area contributed by atoms with Gasteiger partial charge < -0.3 is 9.47 Å². The number of hydrogen-bond acceptors (Lipinski definition) is 4. The Kier molecular flexibility index (Phi) is 9.49. The fourth-order valence-electron chi connectivity index (χ4n) is 1.39. The molecule has 0 aromatic heterocycles. The molecule has 0 rings (SSSR count). The van der Waals surface area contributed by atoms with Gasteiger partial charge in [0.25, 0.3) is 0 Å². The molecule has 0 spiro atoms. The normalized spacial score (nSPS) is 11.9. The Hall–Kier alpha value is -1.06. The molecule has 0 aromatic carbocycles. The lowest BCUT2D eigenvalue weighted by atomic mass is 10.1. The molecule has 0 aliphatic rings. The average Bonchev–Trinajstić information content (AvgIpc) is 2.26. The largest absolute Gasteiger partial charge is 0.465 e. The van der Waals surface area contributed by atoms with Crippen LogP contribution in [-0.2, 0) is 19.1 Å². The van der Waals surface area contributed by atoms with Gasteiger partial charge in [-0.15, -0.1) is 0 Å². The smallest absolute Gasteiger partial charge is 0.317 e. The summed E-state index contributed by atoms with van der Waals surface area (Å²) in [6.07, 6.45) is 4.54. The Bertz CT molecular complexity index is 225. The highest BCUT2D eigenvalue weighted by atomic mass is 16.6. The molecule has 0 bridgehead atoms. The van der Waals surface area contributed by atoms with Crippen LogP contribution in [0.2, 0.25) is 0 Å². The number of esters is 2. The number of rotatable bonds is 9. The van der Waals surface area contributed by atoms with Crippen molar-refractivity contribution in [2.45, 2.75) is 65.4 Å². The van der Waals surface area contributed by atoms with E-state index in [-0.39, 0.29) is 12.5 Å². The van der Waals surface area contributed by atoms with Crippen LogP contribution in [-0.4, -0.2) is 24.6 Å². The van der Waals surface area contributed by atoms with E-state index in [0.717, 1.165) is 32.1 Å². The molecule has 0 saturated carbocycles. The van der Waals surface area contributed by atoms with Crippen molar-refractivity contribution in [2.24, 2.45) is 0 Å². The van der Waals surface area contributed by atoms with E-state index in [1.54, 1.807) is 0 Å². The Morgan fingerprint density at radius 2 is 1.76 bits per heavy atom. The minimum absolute atomic E-state index is 0.118. The predicted molar refractivity (Wildman–Crippen MR) is 65.6 cm³/mol. The summed E-state index contributed by atoms with van der Waals surface area (Å²) in [5.41, 5.74) is 0. The standard InChI is InChI=1S/C13H24O4/c1-4-6-7-8-11(3)17-13(15)10-12(14)16-9-5-2/h11H,4-10H2,1-3H3. The second-order valence-electron chi connectivity index (χ2n) is 4.19. The second kappa shape index (κ2) is 10.1. The molecule has 0 radical (unpaired) electrons. The minimum atomic E-state index is -0.502. The quantitative estimate of drug-likeness (QED) is 0.355. The molecule has 0 amide bonds. The maximum Gasteiger partial charge on any atom is 0.317 e. The Morgan fingerprint density at radius 1 is 1.06 bits per heavy atom. The van der Waals surface area contributed by atoms with Crippen molar-refractivity contribution in [1.29, 1.82) is 0 Å². The van der Waals surface area contributed by atoms with Gasteiger partial charge in [-0.3, -0.25) is 9.59 Å². The van der Waals surface area contributed by atoms with Crippen molar-refractivity contribution in [3.8, 4) is 0 Å². The molecule has 0 heterocycles. The van der Waals surface area contributed by atoms with Crippen LogP contribution in [0.5, 0.6) is 0 Å². The van der Waals surface area contributed by atoms with Gasteiger partial charge in [-0.05, 0) is 26.2 Å². The lowest BCUT2D eigenvalue weighted by Gasteiger charge is -2.12. The van der Waals surface area contributed by atoms with Gasteiger partial charge in [-0.2, -0.15) is 0 Å². The summed E-state index contributed by atoms with van der Waals surface area (Å²) in [6, 6.07) is 0. The number of hydrogen-bond donors (Lipinski definition) is 0. The van der Waals surface area contributed by atoms with Crippen molar-refractivity contribution in [1.82, 2.24) is 0 Å². The molecule has 4 nitrogen and oxygen atoms in total. The molecule has 0 aliphatic heterocycles. The summed E-state index contributed by atoms with van der Waals surface area (Å²) in [4.78, 5) is 22.5. The van der Waals surface area contributed by atoms with E-state index in [9.17, 15) is 9.59 Å². The lowest BCUT2D eigenvalue weighted by Crippen LogP contribution is -2.19. The molecule has 100 valence electrons. The molecule has 0 aromatic rings. The summed E-state index contributed by atoms with van der Waals surface area (Å²) in [7, 11) is 0. The van der Waals surface area contributed by atoms with Crippen LogP contribution in [0, 0.1) is 0 Å². The van der Waals surface area contributed by atoms with Crippen LogP contribution >= 0.6 is 0 Å². The average molecular weight is 244 g/mol. The van der Waals surface area contributed by atoms with E-state index >= 15 is 0 Å². The van der Waals surface area contributed by atoms with Gasteiger partial charge in [-0.1, -0.05) is 26.7 Å². The molecule has 0 aliphatic carbocycles. The van der Waals surface area contributed by atoms with E-state index in [1.807, 2.05) is 13.8 Å². The lowest BCUT2D eigenvalue weighted by molar-refractivity contribution is -0.157. The summed E-state index contributed by atoms with van der Waals surface area (Å²) in [6.45, 7) is 6.24. The zero-order chi connectivity index (χ0) is 13.1. The van der Waals surface area contributed by atoms with E-state index in [4.69, 9.17) is 9.47 Å². The van der Waals surface area contributed by atoms with Crippen molar-refractivity contribution >= 4 is 11.9 Å². The Labute approximate surface area is 104 Å². The number of unbranched alkanes of at least 4 members (excludes halogenated alkanes) is 2. The number of ether oxygens (including phenoxy) is 2. The summed E-state index contributed by atoms with van der Waals surface area (Å²) >= 11 is 0. The van der Waals surface area contributed by atoms with E-state index < -0.39 is 11.9 Å². The summed E-state index contributed by atoms with van der Waals surface area (Å²) in [5, 5.41) is 0. The van der Waals surface area contributed by atoms with Gasteiger partial charge in [0, 0.05) is 0 Å². The van der Waals surface area contributed by atoms with Gasteiger partial charge in [-0.25, -0.2) is 0 Å². The third-order valence-electron chi connectivity index (χ3n) is 2.30. The van der Waals surface area contributed by atoms with E-state index in [1.165, 1.54) is 0 Å². The molecular weight excluding hydrogens is 220 g/mol. The van der Waals surface area contributed by atoms with E-state index in [2.05, 4.69) is 6.92 Å². The maximum absolute atomic E-state index is 11.3. The van der Waals surface area contributed by atoms with Crippen LogP contribution in [0.1, 0.15) is 59.3 Å². The minimum Gasteiger partial charge on any atom is -0.465 e. The first-order valence-electron chi connectivity index (χ1n) is 6.45. The first-order valence-corrected chi connectivity index (χ1v) is 6.45. The number of carbonyl (C=O) groups excluding carboxylic acids is 2. The first kappa shape index (κ1) is 15.9. The SMILES string of the molecule is CCCCCC(C)OC(=O)CC(=O)OCCC. The highest BCUT2D eigenvalue weighted by Crippen LogP contribution is 2.07. The van der Waals surface area contributed by atoms with Gasteiger partial charge in [0.05, 0.1) is 12.7 Å². The fraction of sp³-hybridized carbons (Fsp3) is 0.846. The van der Waals surface area contributed by atoms with Crippen LogP contribution in [0.3, 0.4) is 0 Å². The van der Waals surface area contributed by atoms with Crippen LogP contribution in [0.4, 0.5) is 0 Å². The number of carbonyl (C=O) groups is 2. The van der Waals surface area contributed by atoms with Crippen molar-refractivity contribution < 1.29 is 19.1 Å². The van der Waals surface area contributed by atoms with Gasteiger partial charge in [0.2, 0.25) is 0 Å². The summed E-state index contributed by atoms with van der Waals surface area (Å²) < 4.78 is 9.91. The molecule has 0 N–H and O–H groups in total. The third-order valence-corrected chi connectivity index (χ3v) is 2.30. The molecular formula is C13H24O4. The highest BCUT2D eigenvalue weighted by molar-refractivity contribution is 5.91. The van der Waals surface area contributed by atoms with Gasteiger partial charge in [0.1, 0.15) is 6.42 Å². The fourth-order valence-corrected chi connectivity index (χ4v) is 1.39. The molecule has 0 fully saturated rings. The van der Waals surface area contributed by atoms with Crippen LogP contribution in [0.15, 0.2) is 0 Å². The van der Waals surface area contributed by atoms with Crippen molar-refractivity contribution in [2.75, 3.05) is 6.61 Å². The maximum atomic E-state index is 11.3. The molecule has 0 saturated heterocycles. The van der Waals surface area contributed by atoms with Crippen LogP contribution in [0.25, 0.3) is 0 Å².